The molecule has 2 aromatic carbocycles. The third kappa shape index (κ3) is 6.01. The molecule has 1 fully saturated rings. The van der Waals surface area contributed by atoms with Crippen LogP contribution in [0, 0.1) is 0 Å². The highest BCUT2D eigenvalue weighted by atomic mass is 16.6. The second kappa shape index (κ2) is 11.2. The van der Waals surface area contributed by atoms with Crippen molar-refractivity contribution in [2.45, 2.75) is 59.4 Å². The topological polar surface area (TPSA) is 96.3 Å². The van der Waals surface area contributed by atoms with Gasteiger partial charge in [-0.15, -0.1) is 0 Å². The van der Waals surface area contributed by atoms with Crippen LogP contribution in [-0.2, 0) is 17.8 Å². The third-order valence-corrected chi connectivity index (χ3v) is 7.24. The van der Waals surface area contributed by atoms with Crippen LogP contribution in [0.2, 0.25) is 0 Å². The maximum atomic E-state index is 13.6. The highest BCUT2D eigenvalue weighted by molar-refractivity contribution is 6.07. The lowest BCUT2D eigenvalue weighted by Crippen LogP contribution is -2.46. The van der Waals surface area contributed by atoms with Crippen molar-refractivity contribution in [1.82, 2.24) is 19.7 Å². The van der Waals surface area contributed by atoms with Crippen LogP contribution in [0.25, 0.3) is 22.2 Å². The largest absolute Gasteiger partial charge is 0.491 e. The van der Waals surface area contributed by atoms with Gasteiger partial charge in [-0.3, -0.25) is 14.6 Å². The molecule has 0 spiro atoms. The minimum atomic E-state index is -0.690. The van der Waals surface area contributed by atoms with E-state index >= 15 is 0 Å². The Kier molecular flexibility index (Phi) is 7.90. The molecule has 0 aliphatic carbocycles. The lowest BCUT2D eigenvalue weighted by Gasteiger charge is -2.34. The zero-order valence-corrected chi connectivity index (χ0v) is 24.1. The number of carbonyl (C=O) groups is 2. The number of fused-ring (bicyclic) bond motifs is 2. The number of aliphatic hydroxyl groups excluding tert-OH is 1. The molecule has 2 N–H and O–H groups in total. The molecule has 2 aliphatic rings. The van der Waals surface area contributed by atoms with E-state index in [0.29, 0.717) is 35.7 Å². The highest BCUT2D eigenvalue weighted by Gasteiger charge is 2.30. The molecule has 0 radical (unpaired) electrons. The molecule has 2 aliphatic heterocycles. The molecule has 3 heterocycles. The van der Waals surface area contributed by atoms with Gasteiger partial charge in [-0.1, -0.05) is 6.07 Å². The number of amides is 1. The van der Waals surface area contributed by atoms with Crippen LogP contribution in [-0.4, -0.2) is 82.5 Å². The van der Waals surface area contributed by atoms with Crippen LogP contribution in [0.3, 0.4) is 0 Å². The van der Waals surface area contributed by atoms with Crippen molar-refractivity contribution in [3.63, 3.8) is 0 Å². The number of carbonyl (C=O) groups excluding carboxylic acids is 2. The summed E-state index contributed by atoms with van der Waals surface area (Å²) in [5.74, 6) is 0.491. The normalized spacial score (nSPS) is 16.4. The Morgan fingerprint density at radius 1 is 1.05 bits per heavy atom. The van der Waals surface area contributed by atoms with E-state index < -0.39 is 11.7 Å². The van der Waals surface area contributed by atoms with E-state index in [4.69, 9.17) is 9.47 Å². The van der Waals surface area contributed by atoms with Gasteiger partial charge in [0.2, 0.25) is 0 Å². The third-order valence-electron chi connectivity index (χ3n) is 7.24. The van der Waals surface area contributed by atoms with Crippen molar-refractivity contribution in [2.24, 2.45) is 0 Å². The number of nitrogens with zero attached hydrogens (tertiary/aromatic N) is 3. The Morgan fingerprint density at radius 3 is 2.45 bits per heavy atom. The minimum absolute atomic E-state index is 0.0410. The first-order valence-corrected chi connectivity index (χ1v) is 14.1. The number of nitrogens with one attached hydrogen (secondary N) is 1. The lowest BCUT2D eigenvalue weighted by molar-refractivity contribution is 0.0546. The van der Waals surface area contributed by atoms with Gasteiger partial charge in [0.25, 0.3) is 5.91 Å². The van der Waals surface area contributed by atoms with Gasteiger partial charge in [-0.2, -0.15) is 0 Å². The Morgan fingerprint density at radius 2 is 1.77 bits per heavy atom. The number of hydrogen-bond donors (Lipinski definition) is 2. The van der Waals surface area contributed by atoms with Crippen LogP contribution >= 0.6 is 0 Å². The molecule has 214 valence electrons. The molecule has 9 heteroatoms. The van der Waals surface area contributed by atoms with Crippen molar-refractivity contribution in [3.8, 4) is 17.0 Å². The molecule has 0 atom stereocenters. The van der Waals surface area contributed by atoms with Crippen molar-refractivity contribution < 1.29 is 24.2 Å². The number of piperazine rings is 1. The second-order valence-corrected chi connectivity index (χ2v) is 11.9. The van der Waals surface area contributed by atoms with Gasteiger partial charge in [0, 0.05) is 56.8 Å². The van der Waals surface area contributed by atoms with Crippen molar-refractivity contribution in [2.75, 3.05) is 39.3 Å². The van der Waals surface area contributed by atoms with Crippen molar-refractivity contribution in [3.05, 3.63) is 53.1 Å². The highest BCUT2D eigenvalue weighted by Crippen LogP contribution is 2.38. The Hall–Kier alpha value is -3.40. The molecule has 5 rings (SSSR count). The fourth-order valence-electron chi connectivity index (χ4n) is 5.52. The Balaban J connectivity index is 1.57. The van der Waals surface area contributed by atoms with Gasteiger partial charge in [-0.25, -0.2) is 9.36 Å². The molecule has 40 heavy (non-hydrogen) atoms. The molecule has 3 aromatic rings. The SMILES string of the molecule is CC(C)Oc1cc2c(c(-c3cc4cc(CN5CCN(CCO)CC5)ccc4n3C(=O)OC(C)(C)C)c1)C(=O)NC2. The number of ether oxygens (including phenoxy) is 2. The summed E-state index contributed by atoms with van der Waals surface area (Å²) in [6, 6.07) is 11.9. The van der Waals surface area contributed by atoms with E-state index in [1.54, 1.807) is 4.57 Å². The van der Waals surface area contributed by atoms with Crippen LogP contribution in [0.15, 0.2) is 36.4 Å². The molecule has 1 saturated heterocycles. The van der Waals surface area contributed by atoms with Crippen molar-refractivity contribution in [1.29, 1.82) is 0 Å². The molecule has 0 unspecified atom stereocenters. The first-order valence-electron chi connectivity index (χ1n) is 14.1. The Labute approximate surface area is 235 Å². The van der Waals surface area contributed by atoms with Gasteiger partial charge in [-0.05, 0) is 76.1 Å². The van der Waals surface area contributed by atoms with Crippen LogP contribution in [0.4, 0.5) is 4.79 Å². The molecule has 1 amide bonds. The number of aliphatic hydroxyl groups is 1. The molecular formula is C31H40N4O5. The predicted octanol–water partition coefficient (Wildman–Crippen LogP) is 4.23. The first-order chi connectivity index (χ1) is 19.0. The first kappa shape index (κ1) is 28.1. The average Bonchev–Trinajstić information content (AvgIpc) is 3.44. The average molecular weight is 549 g/mol. The molecule has 0 bridgehead atoms. The van der Waals surface area contributed by atoms with E-state index in [1.807, 2.05) is 58.9 Å². The number of aromatic nitrogens is 1. The van der Waals surface area contributed by atoms with Crippen LogP contribution in [0.5, 0.6) is 5.75 Å². The van der Waals surface area contributed by atoms with Crippen LogP contribution < -0.4 is 10.1 Å². The van der Waals surface area contributed by atoms with E-state index in [1.165, 1.54) is 0 Å². The summed E-state index contributed by atoms with van der Waals surface area (Å²) >= 11 is 0. The summed E-state index contributed by atoms with van der Waals surface area (Å²) < 4.78 is 13.4. The van der Waals surface area contributed by atoms with E-state index in [0.717, 1.165) is 54.8 Å². The van der Waals surface area contributed by atoms with Gasteiger partial charge in [0.1, 0.15) is 11.4 Å². The summed E-state index contributed by atoms with van der Waals surface area (Å²) in [6.07, 6.45) is -0.534. The second-order valence-electron chi connectivity index (χ2n) is 11.9. The number of rotatable bonds is 7. The van der Waals surface area contributed by atoms with Crippen molar-refractivity contribution >= 4 is 22.9 Å². The summed E-state index contributed by atoms with van der Waals surface area (Å²) in [7, 11) is 0. The van der Waals surface area contributed by atoms with E-state index in [-0.39, 0.29) is 18.6 Å². The van der Waals surface area contributed by atoms with Crippen LogP contribution in [0.1, 0.15) is 56.1 Å². The van der Waals surface area contributed by atoms with Gasteiger partial charge in [0.15, 0.2) is 0 Å². The summed E-state index contributed by atoms with van der Waals surface area (Å²) in [5.41, 5.74) is 3.84. The summed E-state index contributed by atoms with van der Waals surface area (Å²) in [6.45, 7) is 15.3. The molecular weight excluding hydrogens is 508 g/mol. The number of benzene rings is 2. The quantitative estimate of drug-likeness (QED) is 0.456. The standard InChI is InChI=1S/C31H40N4O5/c1-20(2)39-24-15-23-18-32-29(37)28(23)25(17-24)27-16-22-14-21(19-34-10-8-33(9-11-34)12-13-36)6-7-26(22)35(27)30(38)40-31(3,4)5/h6-7,14-17,20,36H,8-13,18-19H2,1-5H3,(H,32,37). The predicted molar refractivity (Wildman–Crippen MR) is 155 cm³/mol. The van der Waals surface area contributed by atoms with E-state index in [9.17, 15) is 14.7 Å². The van der Waals surface area contributed by atoms with Gasteiger partial charge in [0.05, 0.1) is 29.5 Å². The molecule has 9 nitrogen and oxygen atoms in total. The van der Waals surface area contributed by atoms with Gasteiger partial charge < -0.3 is 19.9 Å². The molecule has 0 saturated carbocycles. The zero-order valence-electron chi connectivity index (χ0n) is 24.1. The maximum Gasteiger partial charge on any atom is 0.419 e. The fourth-order valence-corrected chi connectivity index (χ4v) is 5.52. The number of β-amino-alcohol motifs (C(OH)–C–C–N with tert-alkyl or cyclic N) is 1. The smallest absolute Gasteiger partial charge is 0.419 e. The maximum absolute atomic E-state index is 13.6. The minimum Gasteiger partial charge on any atom is -0.491 e. The zero-order chi connectivity index (χ0) is 28.6. The van der Waals surface area contributed by atoms with E-state index in [2.05, 4.69) is 27.2 Å². The fraction of sp³-hybridized carbons (Fsp3) is 0.484. The molecule has 1 aromatic heterocycles. The Bertz CT molecular complexity index is 1410. The van der Waals surface area contributed by atoms with Gasteiger partial charge >= 0.3 is 6.09 Å². The summed E-state index contributed by atoms with van der Waals surface area (Å²) in [5, 5.41) is 13.1. The summed E-state index contributed by atoms with van der Waals surface area (Å²) in [4.78, 5) is 31.3. The number of hydrogen-bond acceptors (Lipinski definition) is 7. The monoisotopic (exact) mass is 548 g/mol. The lowest BCUT2D eigenvalue weighted by atomic mass is 9.99.